The Kier molecular flexibility index (Phi) is 14.5. The summed E-state index contributed by atoms with van der Waals surface area (Å²) in [6.45, 7) is 7.02. The predicted octanol–water partition coefficient (Wildman–Crippen LogP) is 6.27. The fraction of sp³-hybridized carbons (Fsp3) is 1.00. The van der Waals surface area contributed by atoms with Crippen molar-refractivity contribution < 1.29 is 17.7 Å². The van der Waals surface area contributed by atoms with Gasteiger partial charge in [-0.05, 0) is 19.8 Å². The van der Waals surface area contributed by atoms with Gasteiger partial charge in [-0.15, -0.1) is 0 Å². The van der Waals surface area contributed by atoms with Crippen LogP contribution in [0.1, 0.15) is 124 Å². The molecular formula is C24H49NO4S. The van der Waals surface area contributed by atoms with Gasteiger partial charge >= 0.3 is 0 Å². The van der Waals surface area contributed by atoms with Crippen LogP contribution < -0.4 is 5.32 Å². The summed E-state index contributed by atoms with van der Waals surface area (Å²) in [4.78, 5) is 0. The molecule has 1 aliphatic rings. The highest BCUT2D eigenvalue weighted by atomic mass is 32.2. The van der Waals surface area contributed by atoms with Crippen molar-refractivity contribution in [2.75, 3.05) is 13.2 Å². The minimum absolute atomic E-state index is 0.0227. The van der Waals surface area contributed by atoms with Crippen molar-refractivity contribution in [2.24, 2.45) is 0 Å². The smallest absolute Gasteiger partial charge is 0.270 e. The van der Waals surface area contributed by atoms with Gasteiger partial charge in [-0.3, -0.25) is 4.55 Å². The quantitative estimate of drug-likeness (QED) is 0.191. The van der Waals surface area contributed by atoms with Crippen LogP contribution in [0.5, 0.6) is 0 Å². The number of ether oxygens (including phenoxy) is 1. The summed E-state index contributed by atoms with van der Waals surface area (Å²) >= 11 is 0. The van der Waals surface area contributed by atoms with Crippen LogP contribution in [0.4, 0.5) is 0 Å². The normalized spacial score (nSPS) is 23.5. The number of hydrogen-bond acceptors (Lipinski definition) is 4. The first-order valence-corrected chi connectivity index (χ1v) is 14.2. The van der Waals surface area contributed by atoms with Crippen LogP contribution in [-0.4, -0.2) is 43.0 Å². The second-order valence-corrected chi connectivity index (χ2v) is 10.9. The maximum atomic E-state index is 11.8. The van der Waals surface area contributed by atoms with Crippen molar-refractivity contribution in [3.63, 3.8) is 0 Å². The lowest BCUT2D eigenvalue weighted by Gasteiger charge is -2.46. The molecule has 1 rings (SSSR count). The Morgan fingerprint density at radius 1 is 0.900 bits per heavy atom. The molecule has 1 saturated heterocycles. The third-order valence-electron chi connectivity index (χ3n) is 6.99. The van der Waals surface area contributed by atoms with E-state index in [0.717, 1.165) is 19.4 Å². The second-order valence-electron chi connectivity index (χ2n) is 9.21. The van der Waals surface area contributed by atoms with Gasteiger partial charge in [0.05, 0.1) is 6.61 Å². The van der Waals surface area contributed by atoms with E-state index in [9.17, 15) is 13.0 Å². The van der Waals surface area contributed by atoms with Gasteiger partial charge in [-0.1, -0.05) is 104 Å². The van der Waals surface area contributed by atoms with Gasteiger partial charge < -0.3 is 10.1 Å². The molecule has 0 spiro atoms. The van der Waals surface area contributed by atoms with Crippen molar-refractivity contribution in [1.29, 1.82) is 0 Å². The third-order valence-corrected chi connectivity index (χ3v) is 8.28. The van der Waals surface area contributed by atoms with Gasteiger partial charge in [0.2, 0.25) is 0 Å². The highest BCUT2D eigenvalue weighted by molar-refractivity contribution is 7.86. The SMILES string of the molecule is CCCCCCCCCCCCCCCCC1NCCOC1(CC)C(C)S(=O)(=O)O. The number of rotatable bonds is 18. The van der Waals surface area contributed by atoms with E-state index in [4.69, 9.17) is 4.74 Å². The number of hydrogen-bond donors (Lipinski definition) is 2. The van der Waals surface area contributed by atoms with Crippen LogP contribution in [0.15, 0.2) is 0 Å². The molecule has 2 N–H and O–H groups in total. The largest absolute Gasteiger partial charge is 0.371 e. The Morgan fingerprint density at radius 2 is 1.37 bits per heavy atom. The number of unbranched alkanes of at least 4 members (excludes halogenated alkanes) is 13. The minimum atomic E-state index is -4.13. The molecule has 1 fully saturated rings. The van der Waals surface area contributed by atoms with E-state index in [1.165, 1.54) is 83.5 Å². The van der Waals surface area contributed by atoms with Crippen LogP contribution >= 0.6 is 0 Å². The Balaban J connectivity index is 2.15. The molecule has 0 amide bonds. The van der Waals surface area contributed by atoms with Gasteiger partial charge in [0.25, 0.3) is 10.1 Å². The van der Waals surface area contributed by atoms with Crippen molar-refractivity contribution >= 4 is 10.1 Å². The molecule has 3 unspecified atom stereocenters. The molecule has 6 heteroatoms. The van der Waals surface area contributed by atoms with Crippen molar-refractivity contribution in [3.8, 4) is 0 Å². The Bertz CT molecular complexity index is 525. The first kappa shape index (κ1) is 27.9. The summed E-state index contributed by atoms with van der Waals surface area (Å²) in [6.07, 6.45) is 20.1. The van der Waals surface area contributed by atoms with Gasteiger partial charge in [0.1, 0.15) is 10.9 Å². The predicted molar refractivity (Wildman–Crippen MR) is 127 cm³/mol. The van der Waals surface area contributed by atoms with Gasteiger partial charge in [0.15, 0.2) is 0 Å². The fourth-order valence-electron chi connectivity index (χ4n) is 4.93. The average molecular weight is 448 g/mol. The number of nitrogens with one attached hydrogen (secondary N) is 1. The zero-order valence-corrected chi connectivity index (χ0v) is 20.8. The summed E-state index contributed by atoms with van der Waals surface area (Å²) in [7, 11) is -4.13. The standard InChI is InChI=1S/C24H49NO4S/c1-4-6-7-8-9-10-11-12-13-14-15-16-17-18-19-23-24(5-2,29-21-20-25-23)22(3)30(26,27)28/h22-23,25H,4-21H2,1-3H3,(H,26,27,28). The van der Waals surface area contributed by atoms with Gasteiger partial charge in [0, 0.05) is 12.6 Å². The first-order chi connectivity index (χ1) is 14.4. The van der Waals surface area contributed by atoms with E-state index in [1.807, 2.05) is 6.92 Å². The molecule has 1 heterocycles. The molecule has 0 aromatic rings. The van der Waals surface area contributed by atoms with E-state index in [2.05, 4.69) is 12.2 Å². The van der Waals surface area contributed by atoms with E-state index >= 15 is 0 Å². The monoisotopic (exact) mass is 447 g/mol. The van der Waals surface area contributed by atoms with Crippen molar-refractivity contribution in [1.82, 2.24) is 5.32 Å². The Hall–Kier alpha value is -0.170. The molecular weight excluding hydrogens is 398 g/mol. The zero-order valence-electron chi connectivity index (χ0n) is 20.0. The van der Waals surface area contributed by atoms with E-state index in [1.54, 1.807) is 6.92 Å². The Labute approximate surface area is 186 Å². The van der Waals surface area contributed by atoms with Crippen LogP contribution in [0.3, 0.4) is 0 Å². The van der Waals surface area contributed by atoms with E-state index in [-0.39, 0.29) is 6.04 Å². The second kappa shape index (κ2) is 15.6. The van der Waals surface area contributed by atoms with Gasteiger partial charge in [-0.25, -0.2) is 0 Å². The molecule has 0 aliphatic carbocycles. The molecule has 0 radical (unpaired) electrons. The van der Waals surface area contributed by atoms with Crippen LogP contribution in [-0.2, 0) is 14.9 Å². The lowest BCUT2D eigenvalue weighted by Crippen LogP contribution is -2.64. The Morgan fingerprint density at radius 3 is 1.80 bits per heavy atom. The lowest BCUT2D eigenvalue weighted by molar-refractivity contribution is -0.102. The van der Waals surface area contributed by atoms with E-state index < -0.39 is 21.0 Å². The minimum Gasteiger partial charge on any atom is -0.371 e. The summed E-state index contributed by atoms with van der Waals surface area (Å²) in [5.41, 5.74) is -0.831. The molecule has 0 aromatic carbocycles. The molecule has 0 saturated carbocycles. The summed E-state index contributed by atoms with van der Waals surface area (Å²) in [5.74, 6) is 0. The summed E-state index contributed by atoms with van der Waals surface area (Å²) < 4.78 is 39.2. The highest BCUT2D eigenvalue weighted by Crippen LogP contribution is 2.34. The van der Waals surface area contributed by atoms with Crippen LogP contribution in [0.25, 0.3) is 0 Å². The molecule has 1 aliphatic heterocycles. The van der Waals surface area contributed by atoms with Crippen LogP contribution in [0.2, 0.25) is 0 Å². The van der Waals surface area contributed by atoms with Gasteiger partial charge in [-0.2, -0.15) is 8.42 Å². The maximum absolute atomic E-state index is 11.8. The molecule has 30 heavy (non-hydrogen) atoms. The maximum Gasteiger partial charge on any atom is 0.270 e. The topological polar surface area (TPSA) is 75.6 Å². The average Bonchev–Trinajstić information content (AvgIpc) is 2.73. The van der Waals surface area contributed by atoms with Crippen molar-refractivity contribution in [3.05, 3.63) is 0 Å². The first-order valence-electron chi connectivity index (χ1n) is 12.7. The molecule has 180 valence electrons. The summed E-state index contributed by atoms with van der Waals surface area (Å²) in [5, 5.41) is 2.54. The molecule has 0 bridgehead atoms. The lowest BCUT2D eigenvalue weighted by atomic mass is 9.83. The summed E-state index contributed by atoms with van der Waals surface area (Å²) in [6, 6.07) is -0.0227. The molecule has 3 atom stereocenters. The molecule has 5 nitrogen and oxygen atoms in total. The third kappa shape index (κ3) is 9.97. The highest BCUT2D eigenvalue weighted by Gasteiger charge is 2.49. The van der Waals surface area contributed by atoms with Crippen LogP contribution in [0, 0.1) is 0 Å². The van der Waals surface area contributed by atoms with Crippen molar-refractivity contribution in [2.45, 2.75) is 140 Å². The number of morpholine rings is 1. The molecule has 0 aromatic heterocycles. The fourth-order valence-corrected chi connectivity index (χ4v) is 5.83. The zero-order chi connectivity index (χ0) is 22.3. The van der Waals surface area contributed by atoms with E-state index in [0.29, 0.717) is 13.0 Å².